The maximum Gasteiger partial charge on any atom is 0.191 e. The summed E-state index contributed by atoms with van der Waals surface area (Å²) in [5, 5.41) is 11.6. The van der Waals surface area contributed by atoms with Crippen LogP contribution >= 0.6 is 35.6 Å². The van der Waals surface area contributed by atoms with E-state index in [4.69, 9.17) is 21.1 Å². The van der Waals surface area contributed by atoms with Crippen LogP contribution in [0.15, 0.2) is 23.2 Å². The Morgan fingerprint density at radius 2 is 2.00 bits per heavy atom. The molecule has 0 aliphatic heterocycles. The van der Waals surface area contributed by atoms with E-state index >= 15 is 0 Å². The molecule has 2 rings (SSSR count). The Hall–Kier alpha value is -1.68. The van der Waals surface area contributed by atoms with Gasteiger partial charge in [-0.15, -0.1) is 24.0 Å². The molecule has 2 aromatic rings. The summed E-state index contributed by atoms with van der Waals surface area (Å²) >= 11 is 6.33. The lowest BCUT2D eigenvalue weighted by Crippen LogP contribution is -2.37. The van der Waals surface area contributed by atoms with Gasteiger partial charge in [-0.2, -0.15) is 5.10 Å². The molecular weight excluding hydrogens is 505 g/mol. The number of aryl methyl sites for hydroxylation is 3. The first-order chi connectivity index (χ1) is 13.5. The molecule has 29 heavy (non-hydrogen) atoms. The lowest BCUT2D eigenvalue weighted by Gasteiger charge is -2.15. The lowest BCUT2D eigenvalue weighted by atomic mass is 10.2. The van der Waals surface area contributed by atoms with Gasteiger partial charge in [0.25, 0.3) is 0 Å². The van der Waals surface area contributed by atoms with E-state index in [2.05, 4.69) is 33.7 Å². The molecule has 0 amide bonds. The van der Waals surface area contributed by atoms with Crippen LogP contribution in [0, 0.1) is 13.8 Å². The minimum Gasteiger partial charge on any atom is -0.493 e. The van der Waals surface area contributed by atoms with Crippen molar-refractivity contribution in [2.24, 2.45) is 4.99 Å². The summed E-state index contributed by atoms with van der Waals surface area (Å²) in [5.41, 5.74) is 3.21. The number of guanidine groups is 1. The molecule has 0 atom stereocenters. The third kappa shape index (κ3) is 7.58. The van der Waals surface area contributed by atoms with E-state index in [1.807, 2.05) is 30.7 Å². The van der Waals surface area contributed by atoms with Crippen molar-refractivity contribution in [1.29, 1.82) is 0 Å². The molecule has 0 aliphatic rings. The second-order valence-electron chi connectivity index (χ2n) is 6.40. The smallest absolute Gasteiger partial charge is 0.191 e. The van der Waals surface area contributed by atoms with Gasteiger partial charge in [0.2, 0.25) is 0 Å². The van der Waals surface area contributed by atoms with Crippen LogP contribution in [-0.4, -0.2) is 43.0 Å². The molecule has 1 heterocycles. The molecule has 0 aliphatic carbocycles. The maximum atomic E-state index is 6.33. The highest BCUT2D eigenvalue weighted by molar-refractivity contribution is 14.0. The Balaban J connectivity index is 0.00000420. The van der Waals surface area contributed by atoms with Crippen LogP contribution in [0.25, 0.3) is 0 Å². The Bertz CT molecular complexity index is 810. The SMILES string of the molecule is CCOc1c(Cl)cc(CNC(=NC)NCCCn2nc(C)cc2C)cc1OC.I. The number of halogens is 2. The molecule has 0 saturated carbocycles. The Morgan fingerprint density at radius 1 is 1.24 bits per heavy atom. The van der Waals surface area contributed by atoms with Gasteiger partial charge in [0.05, 0.1) is 24.4 Å². The number of nitrogens with one attached hydrogen (secondary N) is 2. The van der Waals surface area contributed by atoms with E-state index in [1.54, 1.807) is 14.2 Å². The minimum atomic E-state index is 0. The summed E-state index contributed by atoms with van der Waals surface area (Å²) in [6, 6.07) is 5.88. The first-order valence-electron chi connectivity index (χ1n) is 9.43. The highest BCUT2D eigenvalue weighted by atomic mass is 127. The number of hydrogen-bond acceptors (Lipinski definition) is 4. The van der Waals surface area contributed by atoms with Crippen molar-refractivity contribution in [3.8, 4) is 11.5 Å². The summed E-state index contributed by atoms with van der Waals surface area (Å²) in [6.45, 7) is 8.76. The summed E-state index contributed by atoms with van der Waals surface area (Å²) in [4.78, 5) is 4.26. The van der Waals surface area contributed by atoms with E-state index in [1.165, 1.54) is 5.69 Å². The predicted molar refractivity (Wildman–Crippen MR) is 129 cm³/mol. The third-order valence-corrected chi connectivity index (χ3v) is 4.48. The van der Waals surface area contributed by atoms with Crippen molar-refractivity contribution in [1.82, 2.24) is 20.4 Å². The van der Waals surface area contributed by atoms with Gasteiger partial charge in [-0.3, -0.25) is 9.67 Å². The summed E-state index contributed by atoms with van der Waals surface area (Å²) in [7, 11) is 3.36. The number of hydrogen-bond donors (Lipinski definition) is 2. The maximum absolute atomic E-state index is 6.33. The van der Waals surface area contributed by atoms with Crippen LogP contribution in [0.1, 0.15) is 30.3 Å². The van der Waals surface area contributed by atoms with Gasteiger partial charge in [0.1, 0.15) is 0 Å². The fourth-order valence-corrected chi connectivity index (χ4v) is 3.19. The first-order valence-corrected chi connectivity index (χ1v) is 9.81. The molecule has 0 fully saturated rings. The lowest BCUT2D eigenvalue weighted by molar-refractivity contribution is 0.311. The van der Waals surface area contributed by atoms with Gasteiger partial charge >= 0.3 is 0 Å². The molecule has 0 bridgehead atoms. The monoisotopic (exact) mass is 535 g/mol. The minimum absolute atomic E-state index is 0. The zero-order valence-corrected chi connectivity index (χ0v) is 20.8. The van der Waals surface area contributed by atoms with Crippen LogP contribution < -0.4 is 20.1 Å². The largest absolute Gasteiger partial charge is 0.493 e. The van der Waals surface area contributed by atoms with Gasteiger partial charge in [0.15, 0.2) is 17.5 Å². The van der Waals surface area contributed by atoms with Crippen LogP contribution in [0.3, 0.4) is 0 Å². The van der Waals surface area contributed by atoms with Crippen molar-refractivity contribution < 1.29 is 9.47 Å². The summed E-state index contributed by atoms with van der Waals surface area (Å²) in [6.07, 6.45) is 0.950. The number of aromatic nitrogens is 2. The molecule has 1 aromatic carbocycles. The molecule has 0 unspecified atom stereocenters. The molecule has 162 valence electrons. The van der Waals surface area contributed by atoms with Crippen molar-refractivity contribution in [3.05, 3.63) is 40.2 Å². The van der Waals surface area contributed by atoms with E-state index in [-0.39, 0.29) is 24.0 Å². The highest BCUT2D eigenvalue weighted by Crippen LogP contribution is 2.36. The quantitative estimate of drug-likeness (QED) is 0.220. The van der Waals surface area contributed by atoms with E-state index < -0.39 is 0 Å². The van der Waals surface area contributed by atoms with Crippen LogP contribution in [0.2, 0.25) is 5.02 Å². The van der Waals surface area contributed by atoms with E-state index in [0.717, 1.165) is 36.7 Å². The van der Waals surface area contributed by atoms with Gasteiger partial charge < -0.3 is 20.1 Å². The topological polar surface area (TPSA) is 72.7 Å². The molecule has 7 nitrogen and oxygen atoms in total. The Kier molecular flexibility index (Phi) is 11.2. The molecule has 0 spiro atoms. The van der Waals surface area contributed by atoms with Crippen molar-refractivity contribution in [3.63, 3.8) is 0 Å². The molecule has 1 aromatic heterocycles. The van der Waals surface area contributed by atoms with E-state index in [0.29, 0.717) is 29.7 Å². The van der Waals surface area contributed by atoms with Crippen molar-refractivity contribution in [2.75, 3.05) is 27.3 Å². The normalized spacial score (nSPS) is 11.0. The Morgan fingerprint density at radius 3 is 2.59 bits per heavy atom. The number of ether oxygens (including phenoxy) is 2. The van der Waals surface area contributed by atoms with Crippen molar-refractivity contribution in [2.45, 2.75) is 40.3 Å². The summed E-state index contributed by atoms with van der Waals surface area (Å²) < 4.78 is 13.0. The number of nitrogens with zero attached hydrogens (tertiary/aromatic N) is 3. The predicted octanol–water partition coefficient (Wildman–Crippen LogP) is 3.93. The first kappa shape index (κ1) is 25.4. The van der Waals surface area contributed by atoms with Crippen molar-refractivity contribution >= 4 is 41.5 Å². The average Bonchev–Trinajstić information content (AvgIpc) is 3.00. The number of benzene rings is 1. The molecule has 9 heteroatoms. The molecule has 0 radical (unpaired) electrons. The molecule has 2 N–H and O–H groups in total. The van der Waals surface area contributed by atoms with Gasteiger partial charge in [0, 0.05) is 32.4 Å². The number of methoxy groups -OCH3 is 1. The number of rotatable bonds is 9. The second kappa shape index (κ2) is 12.8. The fourth-order valence-electron chi connectivity index (χ4n) is 2.90. The van der Waals surface area contributed by atoms with Crippen LogP contribution in [0.4, 0.5) is 0 Å². The zero-order chi connectivity index (χ0) is 20.5. The van der Waals surface area contributed by atoms with Gasteiger partial charge in [-0.25, -0.2) is 0 Å². The standard InChI is InChI=1S/C20H30ClN5O2.HI/c1-6-28-19-17(21)11-16(12-18(19)27-5)13-24-20(22-4)23-8-7-9-26-15(3)10-14(2)25-26;/h10-12H,6-9,13H2,1-5H3,(H2,22,23,24);1H. The van der Waals surface area contributed by atoms with Gasteiger partial charge in [-0.1, -0.05) is 11.6 Å². The zero-order valence-electron chi connectivity index (χ0n) is 17.7. The van der Waals surface area contributed by atoms with E-state index in [9.17, 15) is 0 Å². The second-order valence-corrected chi connectivity index (χ2v) is 6.81. The highest BCUT2D eigenvalue weighted by Gasteiger charge is 2.12. The van der Waals surface area contributed by atoms with Crippen LogP contribution in [-0.2, 0) is 13.1 Å². The molecule has 0 saturated heterocycles. The fraction of sp³-hybridized carbons (Fsp3) is 0.500. The number of aliphatic imine (C=N–C) groups is 1. The summed E-state index contributed by atoms with van der Waals surface area (Å²) in [5.74, 6) is 1.93. The third-order valence-electron chi connectivity index (χ3n) is 4.20. The Labute approximate surface area is 195 Å². The molecular formula is C20H31ClIN5O2. The average molecular weight is 536 g/mol. The van der Waals surface area contributed by atoms with Crippen LogP contribution in [0.5, 0.6) is 11.5 Å². The van der Waals surface area contributed by atoms with Gasteiger partial charge in [-0.05, 0) is 51.0 Å².